The van der Waals surface area contributed by atoms with Gasteiger partial charge in [-0.25, -0.2) is 0 Å². The van der Waals surface area contributed by atoms with Gasteiger partial charge >= 0.3 is 0 Å². The summed E-state index contributed by atoms with van der Waals surface area (Å²) in [5.41, 5.74) is 10.0. The summed E-state index contributed by atoms with van der Waals surface area (Å²) in [5.74, 6) is -0.234. The van der Waals surface area contributed by atoms with Gasteiger partial charge in [-0.2, -0.15) is 0 Å². The van der Waals surface area contributed by atoms with E-state index in [1.54, 1.807) is 12.1 Å². The predicted molar refractivity (Wildman–Crippen MR) is 86.5 cm³/mol. The molecule has 0 atom stereocenters. The van der Waals surface area contributed by atoms with Crippen LogP contribution in [0, 0.1) is 0 Å². The largest absolute Gasteiger partial charge is 0.389 e. The monoisotopic (exact) mass is 297 g/mol. The van der Waals surface area contributed by atoms with Crippen LogP contribution in [0.5, 0.6) is 0 Å². The lowest BCUT2D eigenvalue weighted by atomic mass is 10.1. The average Bonchev–Trinajstić information content (AvgIpc) is 2.95. The maximum Gasteiger partial charge on any atom is 0.274 e. The first-order chi connectivity index (χ1) is 10.1. The predicted octanol–water partition coefficient (Wildman–Crippen LogP) is 2.46. The van der Waals surface area contributed by atoms with Gasteiger partial charge < -0.3 is 11.1 Å². The maximum atomic E-state index is 12.2. The smallest absolute Gasteiger partial charge is 0.274 e. The number of rotatable bonds is 3. The van der Waals surface area contributed by atoms with Gasteiger partial charge in [-0.05, 0) is 54.7 Å². The van der Waals surface area contributed by atoms with E-state index in [-0.39, 0.29) is 10.9 Å². The van der Waals surface area contributed by atoms with Gasteiger partial charge in [0.15, 0.2) is 0 Å². The number of nitrogens with one attached hydrogen (secondary N) is 1. The molecule has 21 heavy (non-hydrogen) atoms. The van der Waals surface area contributed by atoms with Crippen LogP contribution in [0.4, 0.5) is 5.69 Å². The van der Waals surface area contributed by atoms with E-state index in [1.807, 2.05) is 12.1 Å². The number of nitrogens with zero attached hydrogens (tertiary/aromatic N) is 1. The van der Waals surface area contributed by atoms with Crippen molar-refractivity contribution in [1.29, 1.82) is 0 Å². The first kappa shape index (κ1) is 13.7. The van der Waals surface area contributed by atoms with E-state index < -0.39 is 0 Å². The Balaban J connectivity index is 1.75. The molecule has 0 radical (unpaired) electrons. The number of anilines is 1. The van der Waals surface area contributed by atoms with Gasteiger partial charge in [-0.1, -0.05) is 18.3 Å². The summed E-state index contributed by atoms with van der Waals surface area (Å²) in [6, 6.07) is 9.39. The van der Waals surface area contributed by atoms with Crippen molar-refractivity contribution in [3.05, 3.63) is 58.9 Å². The normalized spacial score (nSPS) is 12.8. The number of benzene rings is 1. The van der Waals surface area contributed by atoms with Crippen LogP contribution in [0.25, 0.3) is 0 Å². The summed E-state index contributed by atoms with van der Waals surface area (Å²) in [6.07, 6.45) is 4.92. The molecular formula is C16H15N3OS. The zero-order valence-electron chi connectivity index (χ0n) is 11.4. The van der Waals surface area contributed by atoms with Crippen LogP contribution >= 0.6 is 12.2 Å². The number of aryl methyl sites for hydroxylation is 2. The number of pyridine rings is 1. The fraction of sp³-hybridized carbons (Fsp3) is 0.188. The Morgan fingerprint density at radius 1 is 1.19 bits per heavy atom. The number of nitrogens with two attached hydrogens (primary N) is 1. The lowest BCUT2D eigenvalue weighted by Crippen LogP contribution is -2.15. The third-order valence-corrected chi connectivity index (χ3v) is 3.87. The quantitative estimate of drug-likeness (QED) is 0.854. The van der Waals surface area contributed by atoms with Gasteiger partial charge in [0.2, 0.25) is 0 Å². The van der Waals surface area contributed by atoms with Crippen LogP contribution in [-0.4, -0.2) is 15.9 Å². The Labute approximate surface area is 128 Å². The molecule has 3 N–H and O–H groups in total. The van der Waals surface area contributed by atoms with E-state index in [4.69, 9.17) is 18.0 Å². The minimum atomic E-state index is -0.234. The number of carbonyl (C=O) groups excluding carboxylic acids is 1. The van der Waals surface area contributed by atoms with Gasteiger partial charge in [0.25, 0.3) is 5.91 Å². The van der Waals surface area contributed by atoms with Crippen LogP contribution in [0.3, 0.4) is 0 Å². The SMILES string of the molecule is NC(=S)c1ccc(C(=O)Nc2ccc3c(c2)CCC3)nc1. The number of fused-ring (bicyclic) bond motifs is 1. The van der Waals surface area contributed by atoms with Gasteiger partial charge in [0.1, 0.15) is 10.7 Å². The second-order valence-corrected chi connectivity index (χ2v) is 5.53. The van der Waals surface area contributed by atoms with E-state index in [2.05, 4.69) is 16.4 Å². The molecule has 3 rings (SSSR count). The van der Waals surface area contributed by atoms with Crippen molar-refractivity contribution in [2.45, 2.75) is 19.3 Å². The Hall–Kier alpha value is -2.27. The van der Waals surface area contributed by atoms with E-state index in [1.165, 1.54) is 23.7 Å². The second-order valence-electron chi connectivity index (χ2n) is 5.09. The van der Waals surface area contributed by atoms with Crippen molar-refractivity contribution in [2.24, 2.45) is 5.73 Å². The minimum Gasteiger partial charge on any atom is -0.389 e. The standard InChI is InChI=1S/C16H15N3OS/c17-15(21)12-5-7-14(18-9-12)16(20)19-13-6-4-10-2-1-3-11(10)8-13/h4-9H,1-3H2,(H2,17,21)(H,19,20). The van der Waals surface area contributed by atoms with Crippen molar-refractivity contribution in [3.8, 4) is 0 Å². The zero-order chi connectivity index (χ0) is 14.8. The summed E-state index contributed by atoms with van der Waals surface area (Å²) in [4.78, 5) is 16.5. The molecular weight excluding hydrogens is 282 g/mol. The lowest BCUT2D eigenvalue weighted by Gasteiger charge is -2.07. The number of amides is 1. The van der Waals surface area contributed by atoms with Crippen LogP contribution in [0.2, 0.25) is 0 Å². The van der Waals surface area contributed by atoms with Gasteiger partial charge in [0, 0.05) is 17.4 Å². The molecule has 0 fully saturated rings. The topological polar surface area (TPSA) is 68.0 Å². The molecule has 0 saturated heterocycles. The summed E-state index contributed by atoms with van der Waals surface area (Å²) >= 11 is 4.86. The number of hydrogen-bond donors (Lipinski definition) is 2. The Morgan fingerprint density at radius 2 is 2.00 bits per heavy atom. The van der Waals surface area contributed by atoms with Crippen molar-refractivity contribution >= 4 is 28.8 Å². The third-order valence-electron chi connectivity index (χ3n) is 3.64. The average molecular weight is 297 g/mol. The molecule has 5 heteroatoms. The highest BCUT2D eigenvalue weighted by Gasteiger charge is 2.13. The fourth-order valence-electron chi connectivity index (χ4n) is 2.52. The molecule has 1 heterocycles. The highest BCUT2D eigenvalue weighted by molar-refractivity contribution is 7.80. The maximum absolute atomic E-state index is 12.2. The Kier molecular flexibility index (Phi) is 3.66. The second kappa shape index (κ2) is 5.61. The molecule has 0 aliphatic heterocycles. The Morgan fingerprint density at radius 3 is 2.71 bits per heavy atom. The summed E-state index contributed by atoms with van der Waals surface area (Å²) < 4.78 is 0. The minimum absolute atomic E-state index is 0.234. The number of hydrogen-bond acceptors (Lipinski definition) is 3. The first-order valence-corrected chi connectivity index (χ1v) is 7.23. The number of aromatic nitrogens is 1. The molecule has 106 valence electrons. The van der Waals surface area contributed by atoms with Crippen molar-refractivity contribution in [1.82, 2.24) is 4.98 Å². The van der Waals surface area contributed by atoms with Crippen molar-refractivity contribution in [2.75, 3.05) is 5.32 Å². The molecule has 1 aliphatic carbocycles. The molecule has 0 saturated carbocycles. The highest BCUT2D eigenvalue weighted by Crippen LogP contribution is 2.25. The summed E-state index contributed by atoms with van der Waals surface area (Å²) in [7, 11) is 0. The fourth-order valence-corrected chi connectivity index (χ4v) is 2.64. The van der Waals surface area contributed by atoms with Gasteiger partial charge in [-0.15, -0.1) is 0 Å². The van der Waals surface area contributed by atoms with Crippen LogP contribution < -0.4 is 11.1 Å². The molecule has 4 nitrogen and oxygen atoms in total. The molecule has 1 aromatic heterocycles. The van der Waals surface area contributed by atoms with E-state index in [9.17, 15) is 4.79 Å². The number of carbonyl (C=O) groups is 1. The summed E-state index contributed by atoms with van der Waals surface area (Å²) in [5, 5.41) is 2.87. The molecule has 1 amide bonds. The molecule has 0 unspecified atom stereocenters. The van der Waals surface area contributed by atoms with Crippen LogP contribution in [-0.2, 0) is 12.8 Å². The van der Waals surface area contributed by atoms with Crippen molar-refractivity contribution < 1.29 is 4.79 Å². The first-order valence-electron chi connectivity index (χ1n) is 6.82. The van der Waals surface area contributed by atoms with Crippen molar-refractivity contribution in [3.63, 3.8) is 0 Å². The molecule has 2 aromatic rings. The molecule has 1 aromatic carbocycles. The van der Waals surface area contributed by atoms with Gasteiger partial charge in [0.05, 0.1) is 0 Å². The van der Waals surface area contributed by atoms with E-state index >= 15 is 0 Å². The molecule has 0 bridgehead atoms. The third kappa shape index (κ3) is 2.92. The number of thiocarbonyl (C=S) groups is 1. The molecule has 0 spiro atoms. The summed E-state index contributed by atoms with van der Waals surface area (Å²) in [6.45, 7) is 0. The van der Waals surface area contributed by atoms with Crippen LogP contribution in [0.15, 0.2) is 36.5 Å². The highest BCUT2D eigenvalue weighted by atomic mass is 32.1. The Bertz CT molecular complexity index is 710. The zero-order valence-corrected chi connectivity index (χ0v) is 12.2. The molecule has 1 aliphatic rings. The van der Waals surface area contributed by atoms with Crippen LogP contribution in [0.1, 0.15) is 33.6 Å². The van der Waals surface area contributed by atoms with E-state index in [0.29, 0.717) is 11.3 Å². The van der Waals surface area contributed by atoms with E-state index in [0.717, 1.165) is 18.5 Å². The lowest BCUT2D eigenvalue weighted by molar-refractivity contribution is 0.102. The van der Waals surface area contributed by atoms with Gasteiger partial charge in [-0.3, -0.25) is 9.78 Å².